The molecule has 5 heteroatoms. The lowest BCUT2D eigenvalue weighted by Gasteiger charge is -1.96. The highest BCUT2D eigenvalue weighted by molar-refractivity contribution is 7.63. The van der Waals surface area contributed by atoms with E-state index in [9.17, 15) is 4.57 Å². The lowest BCUT2D eigenvalue weighted by Crippen LogP contribution is -1.76. The van der Waals surface area contributed by atoms with Gasteiger partial charge in [0.25, 0.3) is 0 Å². The molecular weight excluding hydrogens is 134 g/mol. The largest absolute Gasteiger partial charge is 0.329 e. The Labute approximate surface area is 44.1 Å². The normalized spacial score (nSPS) is 13.6. The lowest BCUT2D eigenvalue weighted by atomic mass is 11.9. The van der Waals surface area contributed by atoms with E-state index in [1.54, 1.807) is 6.66 Å². The molecule has 0 saturated carbocycles. The number of rotatable bonds is 2. The summed E-state index contributed by atoms with van der Waals surface area (Å²) in [5.41, 5.74) is 0. The van der Waals surface area contributed by atoms with Crippen molar-refractivity contribution in [3.63, 3.8) is 0 Å². The highest BCUT2D eigenvalue weighted by Gasteiger charge is 2.08. The van der Waals surface area contributed by atoms with E-state index in [0.717, 1.165) is 0 Å². The first-order valence-electron chi connectivity index (χ1n) is 1.75. The lowest BCUT2D eigenvalue weighted by molar-refractivity contribution is 0.379. The predicted molar refractivity (Wildman–Crippen MR) is 31.2 cm³/mol. The van der Waals surface area contributed by atoms with E-state index < -0.39 is 7.60 Å². The van der Waals surface area contributed by atoms with Gasteiger partial charge in [-0.15, -0.1) is 8.58 Å². The maximum Gasteiger partial charge on any atom is 0.329 e. The molecule has 0 bridgehead atoms. The van der Waals surface area contributed by atoms with E-state index in [1.807, 2.05) is 0 Å². The standard InChI is InChI=1S/C2H8O3P2/c1-6-2-7(3,4)5/h6H,2H2,1H3,(H2,3,4,5). The first-order valence-corrected chi connectivity index (χ1v) is 5.26. The molecule has 0 rings (SSSR count). The van der Waals surface area contributed by atoms with Gasteiger partial charge in [-0.2, -0.15) is 0 Å². The van der Waals surface area contributed by atoms with E-state index >= 15 is 0 Å². The van der Waals surface area contributed by atoms with Crippen molar-refractivity contribution in [1.29, 1.82) is 0 Å². The van der Waals surface area contributed by atoms with Crippen LogP contribution >= 0.6 is 16.2 Å². The third-order valence-electron chi connectivity index (χ3n) is 0.364. The quantitative estimate of drug-likeness (QED) is 0.549. The maximum atomic E-state index is 9.93. The summed E-state index contributed by atoms with van der Waals surface area (Å²) < 4.78 is 9.93. The molecule has 3 nitrogen and oxygen atoms in total. The van der Waals surface area contributed by atoms with Crippen LogP contribution in [0.25, 0.3) is 0 Å². The van der Waals surface area contributed by atoms with E-state index in [4.69, 9.17) is 9.79 Å². The Morgan fingerprint density at radius 2 is 2.14 bits per heavy atom. The first-order chi connectivity index (χ1) is 3.06. The Bertz CT molecular complexity index is 84.9. The fourth-order valence-corrected chi connectivity index (χ4v) is 1.85. The van der Waals surface area contributed by atoms with Crippen molar-refractivity contribution in [3.05, 3.63) is 0 Å². The monoisotopic (exact) mass is 142 g/mol. The summed E-state index contributed by atoms with van der Waals surface area (Å²) in [6.45, 7) is 1.76. The Morgan fingerprint density at radius 1 is 1.71 bits per heavy atom. The highest BCUT2D eigenvalue weighted by Crippen LogP contribution is 2.39. The summed E-state index contributed by atoms with van der Waals surface area (Å²) in [5.74, 6) is 0.0347. The van der Waals surface area contributed by atoms with Gasteiger partial charge in [0, 0.05) is 0 Å². The summed E-state index contributed by atoms with van der Waals surface area (Å²) >= 11 is 0. The van der Waals surface area contributed by atoms with E-state index in [0.29, 0.717) is 8.58 Å². The molecule has 0 fully saturated rings. The molecule has 44 valence electrons. The number of hydrogen-bond acceptors (Lipinski definition) is 1. The van der Waals surface area contributed by atoms with Crippen molar-refractivity contribution >= 4 is 16.2 Å². The Morgan fingerprint density at radius 3 is 2.14 bits per heavy atom. The zero-order valence-corrected chi connectivity index (χ0v) is 5.85. The summed E-state index contributed by atoms with van der Waals surface area (Å²) in [6.07, 6.45) is 0. The van der Waals surface area contributed by atoms with Gasteiger partial charge in [-0.3, -0.25) is 4.57 Å². The second-order valence-electron chi connectivity index (χ2n) is 1.18. The fourth-order valence-electron chi connectivity index (χ4n) is 0.206. The Balaban J connectivity index is 3.36. The van der Waals surface area contributed by atoms with Gasteiger partial charge in [-0.25, -0.2) is 0 Å². The minimum Gasteiger partial charge on any atom is -0.324 e. The molecule has 0 aliphatic heterocycles. The van der Waals surface area contributed by atoms with Crippen molar-refractivity contribution in [3.8, 4) is 0 Å². The van der Waals surface area contributed by atoms with Crippen LogP contribution in [-0.2, 0) is 4.57 Å². The van der Waals surface area contributed by atoms with E-state index in [2.05, 4.69) is 0 Å². The average molecular weight is 142 g/mol. The van der Waals surface area contributed by atoms with Gasteiger partial charge in [0.05, 0.1) is 5.90 Å². The molecule has 0 amide bonds. The molecule has 2 N–H and O–H groups in total. The van der Waals surface area contributed by atoms with Gasteiger partial charge in [0.1, 0.15) is 0 Å². The summed E-state index contributed by atoms with van der Waals surface area (Å²) in [7, 11) is -3.31. The van der Waals surface area contributed by atoms with Crippen molar-refractivity contribution in [2.24, 2.45) is 0 Å². The van der Waals surface area contributed by atoms with Crippen molar-refractivity contribution in [2.75, 3.05) is 12.6 Å². The molecule has 0 spiro atoms. The topological polar surface area (TPSA) is 57.5 Å². The Kier molecular flexibility index (Phi) is 3.01. The van der Waals surface area contributed by atoms with Crippen LogP contribution in [0.4, 0.5) is 0 Å². The van der Waals surface area contributed by atoms with Gasteiger partial charge in [-0.1, -0.05) is 0 Å². The molecule has 0 aromatic carbocycles. The summed E-state index contributed by atoms with van der Waals surface area (Å²) in [4.78, 5) is 16.3. The highest BCUT2D eigenvalue weighted by atomic mass is 31.2. The van der Waals surface area contributed by atoms with Crippen LogP contribution in [-0.4, -0.2) is 22.4 Å². The van der Waals surface area contributed by atoms with E-state index in [1.165, 1.54) is 0 Å². The molecule has 0 heterocycles. The minimum atomic E-state index is -3.65. The third kappa shape index (κ3) is 6.58. The summed E-state index contributed by atoms with van der Waals surface area (Å²) in [6, 6.07) is 0. The molecule has 0 radical (unpaired) electrons. The van der Waals surface area contributed by atoms with Crippen LogP contribution in [0.15, 0.2) is 0 Å². The van der Waals surface area contributed by atoms with Crippen molar-refractivity contribution < 1.29 is 14.4 Å². The Hall–Kier alpha value is 0.580. The second kappa shape index (κ2) is 2.78. The zero-order valence-electron chi connectivity index (χ0n) is 3.96. The van der Waals surface area contributed by atoms with Crippen LogP contribution in [0.2, 0.25) is 0 Å². The number of hydrogen-bond donors (Lipinski definition) is 2. The van der Waals surface area contributed by atoms with Gasteiger partial charge < -0.3 is 9.79 Å². The molecule has 0 aliphatic carbocycles. The van der Waals surface area contributed by atoms with Gasteiger partial charge in [-0.05, 0) is 6.66 Å². The molecule has 1 unspecified atom stereocenters. The summed E-state index contributed by atoms with van der Waals surface area (Å²) in [5, 5.41) is 0. The second-order valence-corrected chi connectivity index (χ2v) is 4.48. The van der Waals surface area contributed by atoms with Crippen LogP contribution in [0.3, 0.4) is 0 Å². The molecule has 0 aromatic heterocycles. The smallest absolute Gasteiger partial charge is 0.324 e. The molecule has 0 aliphatic rings. The van der Waals surface area contributed by atoms with Gasteiger partial charge >= 0.3 is 7.60 Å². The van der Waals surface area contributed by atoms with Crippen LogP contribution in [0.5, 0.6) is 0 Å². The molecule has 0 aromatic rings. The first kappa shape index (κ1) is 7.58. The van der Waals surface area contributed by atoms with Gasteiger partial charge in [0.15, 0.2) is 0 Å². The van der Waals surface area contributed by atoms with E-state index in [-0.39, 0.29) is 5.90 Å². The predicted octanol–water partition coefficient (Wildman–Crippen LogP) is 0.430. The SMILES string of the molecule is CPCP(=O)(O)O. The molecule has 7 heavy (non-hydrogen) atoms. The minimum absolute atomic E-state index is 0.0347. The van der Waals surface area contributed by atoms with Crippen molar-refractivity contribution in [2.45, 2.75) is 0 Å². The molecule has 1 atom stereocenters. The van der Waals surface area contributed by atoms with Crippen LogP contribution in [0.1, 0.15) is 0 Å². The zero-order chi connectivity index (χ0) is 5.91. The van der Waals surface area contributed by atoms with Crippen LogP contribution < -0.4 is 0 Å². The van der Waals surface area contributed by atoms with Gasteiger partial charge in [0.2, 0.25) is 0 Å². The average Bonchev–Trinajstić information content (AvgIpc) is 1.30. The molecule has 0 saturated heterocycles. The molecular formula is C2H8O3P2. The third-order valence-corrected chi connectivity index (χ3v) is 3.28. The van der Waals surface area contributed by atoms with Crippen LogP contribution in [0, 0.1) is 0 Å². The maximum absolute atomic E-state index is 9.93. The van der Waals surface area contributed by atoms with Crippen molar-refractivity contribution in [1.82, 2.24) is 0 Å². The fraction of sp³-hybridized carbons (Fsp3) is 1.00.